The monoisotopic (exact) mass is 1580 g/mol. The molecule has 30 heteroatoms. The van der Waals surface area contributed by atoms with Crippen molar-refractivity contribution in [3.05, 3.63) is 65.7 Å². The van der Waals surface area contributed by atoms with Gasteiger partial charge < -0.3 is 65.6 Å². The van der Waals surface area contributed by atoms with Gasteiger partial charge in [-0.05, 0) is 204 Å². The number of ketones is 2. The van der Waals surface area contributed by atoms with Crippen LogP contribution in [-0.2, 0) is 82.8 Å². The lowest BCUT2D eigenvalue weighted by atomic mass is 9.84. The minimum Gasteiger partial charge on any atom is -0.484 e. The molecule has 2 aromatic carbocycles. The van der Waals surface area contributed by atoms with Gasteiger partial charge in [0.1, 0.15) is 69.5 Å². The van der Waals surface area contributed by atoms with Crippen LogP contribution in [0.1, 0.15) is 219 Å². The molecule has 0 saturated carbocycles. The summed E-state index contributed by atoms with van der Waals surface area (Å²) < 4.78 is 34.0. The van der Waals surface area contributed by atoms with Gasteiger partial charge in [-0.1, -0.05) is 51.1 Å². The summed E-state index contributed by atoms with van der Waals surface area (Å²) in [5, 5.41) is 19.6. The van der Waals surface area contributed by atoms with Crippen LogP contribution in [0.4, 0.5) is 4.79 Å². The van der Waals surface area contributed by atoms with Crippen LogP contribution in [0.25, 0.3) is 0 Å². The summed E-state index contributed by atoms with van der Waals surface area (Å²) >= 11 is 0. The van der Waals surface area contributed by atoms with Gasteiger partial charge in [0.2, 0.25) is 17.7 Å². The smallest absolute Gasteiger partial charge is 0.329 e. The van der Waals surface area contributed by atoms with Crippen LogP contribution in [0.2, 0.25) is 0 Å². The van der Waals surface area contributed by atoms with Crippen molar-refractivity contribution in [3.63, 3.8) is 0 Å². The molecule has 112 heavy (non-hydrogen) atoms. The third-order valence-corrected chi connectivity index (χ3v) is 17.0. The molecule has 3 rings (SSSR count). The van der Waals surface area contributed by atoms with Crippen LogP contribution in [0.3, 0.4) is 0 Å². The molecule has 5 atom stereocenters. The van der Waals surface area contributed by atoms with Gasteiger partial charge in [-0.3, -0.25) is 67.5 Å². The summed E-state index contributed by atoms with van der Waals surface area (Å²) in [6.45, 7) is 37.4. The minimum atomic E-state index is -1.12. The Morgan fingerprint density at radius 1 is 0.420 bits per heavy atom. The number of ether oxygens (including phenoxy) is 6. The first-order valence-corrected chi connectivity index (χ1v) is 39.2. The maximum Gasteiger partial charge on any atom is 0.329 e. The van der Waals surface area contributed by atoms with E-state index in [9.17, 15) is 62.3 Å². The van der Waals surface area contributed by atoms with Crippen LogP contribution in [-0.4, -0.2) is 253 Å². The average Bonchev–Trinajstić information content (AvgIpc) is 0.857. The van der Waals surface area contributed by atoms with Crippen molar-refractivity contribution >= 4 is 77.0 Å². The third-order valence-electron chi connectivity index (χ3n) is 17.0. The molecular weight excluding hydrogens is 1440 g/mol. The molecule has 0 aliphatic carbocycles. The first kappa shape index (κ1) is 97.6. The average molecular weight is 1580 g/mol. The van der Waals surface area contributed by atoms with Gasteiger partial charge in [-0.2, -0.15) is 0 Å². The summed E-state index contributed by atoms with van der Waals surface area (Å²) in [7, 11) is 0. The molecule has 1 aliphatic rings. The predicted molar refractivity (Wildman–Crippen MR) is 424 cm³/mol. The van der Waals surface area contributed by atoms with Gasteiger partial charge >= 0.3 is 35.9 Å². The molecular formula is C82H133N11O19. The van der Waals surface area contributed by atoms with Gasteiger partial charge in [0.05, 0.1) is 26.2 Å². The zero-order valence-electron chi connectivity index (χ0n) is 70.5. The summed E-state index contributed by atoms with van der Waals surface area (Å²) in [6.07, 6.45) is 2.29. The van der Waals surface area contributed by atoms with E-state index in [1.807, 2.05) is 70.7 Å². The van der Waals surface area contributed by atoms with Gasteiger partial charge in [-0.15, -0.1) is 0 Å². The van der Waals surface area contributed by atoms with E-state index >= 15 is 0 Å². The summed E-state index contributed by atoms with van der Waals surface area (Å²) in [4.78, 5) is 181. The van der Waals surface area contributed by atoms with Gasteiger partial charge in [-0.25, -0.2) is 14.4 Å². The first-order chi connectivity index (χ1) is 51.9. The fourth-order valence-corrected chi connectivity index (χ4v) is 11.8. The minimum absolute atomic E-state index is 0.0285. The number of unbranched alkanes of at least 4 members (excludes halogenated alkanes) is 2. The second kappa shape index (κ2) is 46.5. The van der Waals surface area contributed by atoms with E-state index in [0.717, 1.165) is 5.56 Å². The van der Waals surface area contributed by atoms with E-state index in [4.69, 9.17) is 28.4 Å². The topological polar surface area (TPSA) is 374 Å². The highest BCUT2D eigenvalue weighted by atomic mass is 16.6. The zero-order chi connectivity index (χ0) is 84.4. The lowest BCUT2D eigenvalue weighted by molar-refractivity contribution is -0.163. The number of urea groups is 1. The first-order valence-electron chi connectivity index (χ1n) is 39.2. The highest BCUT2D eigenvalue weighted by Gasteiger charge is 2.36. The lowest BCUT2D eigenvalue weighted by Gasteiger charge is -2.37. The quantitative estimate of drug-likeness (QED) is 0.0208. The summed E-state index contributed by atoms with van der Waals surface area (Å²) in [5.41, 5.74) is -3.44. The fourth-order valence-electron chi connectivity index (χ4n) is 11.8. The van der Waals surface area contributed by atoms with Gasteiger partial charge in [0.15, 0.2) is 6.61 Å². The number of benzene rings is 2. The Bertz CT molecular complexity index is 3380. The second-order valence-corrected chi connectivity index (χ2v) is 34.8. The van der Waals surface area contributed by atoms with Crippen LogP contribution >= 0.6 is 0 Å². The van der Waals surface area contributed by atoms with Crippen LogP contribution in [0.15, 0.2) is 54.6 Å². The maximum atomic E-state index is 14.2. The number of hydrogen-bond donors (Lipinski definition) is 7. The summed E-state index contributed by atoms with van der Waals surface area (Å²) in [5.74, 6) is -5.38. The SMILES string of the molecule is CC(=O)CN1CCN(CC(C)=O)CCN(C(CCC(=O)NCC(=O)N[C@@H](CCCCNC(=O)c2ccc(OCC(=O)N[C@@H](Cc3ccccc3)C(=O)NCCCC[C@H](NC(=O)N[C@@H](CCC(=O)OC(C)(C)C)C(=O)OC(C)(C)C)C(C)(C)C)cc2)C(=O)OC(C)(C)C)C(=O)OC(C)(C)C)CCN(CC(=O)OC(C)(C)C)CC1. The van der Waals surface area contributed by atoms with Crippen LogP contribution in [0.5, 0.6) is 5.75 Å². The molecule has 630 valence electrons. The number of carbonyl (C=O) groups excluding carboxylic acids is 13. The van der Waals surface area contributed by atoms with Crippen LogP contribution in [0, 0.1) is 5.41 Å². The molecule has 1 fully saturated rings. The van der Waals surface area contributed by atoms with E-state index in [1.54, 1.807) is 104 Å². The Balaban J connectivity index is 1.60. The molecule has 30 nitrogen and oxygen atoms in total. The van der Waals surface area contributed by atoms with Crippen molar-refractivity contribution in [2.45, 2.75) is 267 Å². The van der Waals surface area contributed by atoms with Crippen molar-refractivity contribution in [2.24, 2.45) is 5.41 Å². The standard InChI is InChI=1S/C82H133N11O19/c1-56(94)52-90-42-43-91(53-57(2)95)46-48-93(49-47-92(45-44-90)54-70(100)109-79(9,10)11)64(75(105)112-82(18,19)20)37-38-66(96)85-51-67(97)86-61(73(103)110-80(12,13)14)30-24-26-40-83-71(101)59-32-34-60(35-33-59)107-55-68(98)87-63(50-58-28-22-21-23-29-58)72(102)84-41-27-25-31-65(77(3,4)5)89-76(106)88-62(74(104)111-81(15,16)17)36-39-69(99)108-78(6,7)8/h21-23,28-29,32-35,61-65H,24-27,30-31,36-55H2,1-20H3,(H,83,101)(H,84,102)(H,85,96)(H,86,97)(H,87,98)(H2,88,89,106)/t61-,62-,63-,64?,65-/m0/s1. The third kappa shape index (κ3) is 44.0. The highest BCUT2D eigenvalue weighted by Crippen LogP contribution is 2.25. The molecule has 1 unspecified atom stereocenters. The van der Waals surface area contributed by atoms with Crippen molar-refractivity contribution in [3.8, 4) is 5.75 Å². The van der Waals surface area contributed by atoms with E-state index in [-0.39, 0.29) is 114 Å². The molecule has 0 aromatic heterocycles. The molecule has 1 saturated heterocycles. The number of carbonyl (C=O) groups is 13. The Morgan fingerprint density at radius 2 is 0.884 bits per heavy atom. The Morgan fingerprint density at radius 3 is 1.39 bits per heavy atom. The van der Waals surface area contributed by atoms with E-state index in [1.165, 1.54) is 38.1 Å². The lowest BCUT2D eigenvalue weighted by Crippen LogP contribution is -2.53. The number of rotatable bonds is 39. The predicted octanol–water partition coefficient (Wildman–Crippen LogP) is 6.70. The summed E-state index contributed by atoms with van der Waals surface area (Å²) in [6, 6.07) is 10.2. The van der Waals surface area contributed by atoms with Crippen LogP contribution < -0.4 is 42.0 Å². The molecule has 0 radical (unpaired) electrons. The molecule has 7 amide bonds. The number of Topliss-reactive ketones (excluding diaryl/α,β-unsaturated/α-hetero) is 2. The van der Waals surface area contributed by atoms with E-state index < -0.39 is 136 Å². The van der Waals surface area contributed by atoms with E-state index in [0.29, 0.717) is 70.4 Å². The molecule has 1 aliphatic heterocycles. The Kier molecular flexibility index (Phi) is 40.5. The van der Waals surface area contributed by atoms with Crippen molar-refractivity contribution in [1.29, 1.82) is 0 Å². The molecule has 7 N–H and O–H groups in total. The highest BCUT2D eigenvalue weighted by molar-refractivity contribution is 5.94. The number of nitrogens with one attached hydrogen (secondary N) is 7. The molecule has 2 aromatic rings. The molecule has 0 bridgehead atoms. The zero-order valence-corrected chi connectivity index (χ0v) is 70.5. The van der Waals surface area contributed by atoms with Crippen molar-refractivity contribution in [2.75, 3.05) is 98.2 Å². The second-order valence-electron chi connectivity index (χ2n) is 34.8. The Hall–Kier alpha value is -8.61. The fraction of sp³-hybridized carbons (Fsp3) is 0.695. The van der Waals surface area contributed by atoms with E-state index in [2.05, 4.69) is 37.2 Å². The van der Waals surface area contributed by atoms with Crippen molar-refractivity contribution < 1.29 is 90.8 Å². The van der Waals surface area contributed by atoms with Gasteiger partial charge in [0.25, 0.3) is 11.8 Å². The number of amides is 7. The Labute approximate surface area is 664 Å². The number of hydrogen-bond acceptors (Lipinski definition) is 23. The molecule has 0 spiro atoms. The number of esters is 5. The maximum absolute atomic E-state index is 14.2. The molecule has 1 heterocycles. The largest absolute Gasteiger partial charge is 0.484 e. The van der Waals surface area contributed by atoms with Gasteiger partial charge in [0, 0.05) is 96.3 Å². The number of nitrogens with zero attached hydrogens (tertiary/aromatic N) is 4. The van der Waals surface area contributed by atoms with Crippen molar-refractivity contribution in [1.82, 2.24) is 56.8 Å². The normalized spacial score (nSPS) is 15.5.